The van der Waals surface area contributed by atoms with Gasteiger partial charge in [-0.3, -0.25) is 10.1 Å². The lowest BCUT2D eigenvalue weighted by Crippen LogP contribution is -2.40. The van der Waals surface area contributed by atoms with E-state index in [0.29, 0.717) is 37.0 Å². The maximum Gasteiger partial charge on any atom is 0.250 e. The van der Waals surface area contributed by atoms with Crippen molar-refractivity contribution in [2.45, 2.75) is 11.8 Å². The van der Waals surface area contributed by atoms with E-state index in [0.717, 1.165) is 4.88 Å². The van der Waals surface area contributed by atoms with Gasteiger partial charge in [0.2, 0.25) is 15.9 Å². The Morgan fingerprint density at radius 3 is 2.75 bits per heavy atom. The maximum atomic E-state index is 13.0. The van der Waals surface area contributed by atoms with Crippen LogP contribution >= 0.6 is 11.3 Å². The molecule has 3 rings (SSSR count). The number of rotatable bonds is 6. The second kappa shape index (κ2) is 8.82. The number of carbonyl (C=O) groups excluding carboxylic acids is 1. The molecule has 2 heterocycles. The fraction of sp³-hybridized carbons (Fsp3) is 0.333. The largest absolute Gasteiger partial charge is 0.495 e. The van der Waals surface area contributed by atoms with E-state index in [1.54, 1.807) is 24.4 Å². The van der Waals surface area contributed by atoms with Crippen LogP contribution < -0.4 is 10.1 Å². The monoisotopic (exact) mass is 423 g/mol. The van der Waals surface area contributed by atoms with Crippen LogP contribution in [0.3, 0.4) is 0 Å². The van der Waals surface area contributed by atoms with Gasteiger partial charge in [-0.15, -0.1) is 11.3 Å². The molecule has 1 amide bonds. The molecule has 28 heavy (non-hydrogen) atoms. The molecule has 1 saturated heterocycles. The van der Waals surface area contributed by atoms with Crippen LogP contribution in [0.25, 0.3) is 6.08 Å². The van der Waals surface area contributed by atoms with E-state index < -0.39 is 10.0 Å². The molecule has 0 saturated carbocycles. The second-order valence-electron chi connectivity index (χ2n) is 6.03. The smallest absolute Gasteiger partial charge is 0.250 e. The number of aryl methyl sites for hydroxylation is 1. The van der Waals surface area contributed by atoms with Crippen molar-refractivity contribution in [2.75, 3.05) is 38.7 Å². The van der Waals surface area contributed by atoms with Gasteiger partial charge in [0.1, 0.15) is 10.6 Å². The highest BCUT2D eigenvalue weighted by Crippen LogP contribution is 2.29. The van der Waals surface area contributed by atoms with Gasteiger partial charge in [0, 0.05) is 30.2 Å². The van der Waals surface area contributed by atoms with Crippen molar-refractivity contribution < 1.29 is 22.7 Å². The lowest BCUT2D eigenvalue weighted by molar-refractivity contribution is -0.111. The predicted octanol–water partition coefficient (Wildman–Crippen LogP) is 2.13. The van der Waals surface area contributed by atoms with E-state index in [-0.39, 0.29) is 16.6 Å². The summed E-state index contributed by atoms with van der Waals surface area (Å²) in [5.41, 5.74) is 0.568. The Balaban J connectivity index is 1.81. The van der Waals surface area contributed by atoms with E-state index in [4.69, 9.17) is 9.47 Å². The number of ether oxygens (including phenoxy) is 2. The first-order valence-corrected chi connectivity index (χ1v) is 10.8. The molecule has 1 aliphatic rings. The molecule has 0 spiro atoms. The number of thiazole rings is 1. The Kier molecular flexibility index (Phi) is 6.45. The van der Waals surface area contributed by atoms with Crippen LogP contribution in [0, 0.1) is 6.92 Å². The standard InChI is InChI=1S/C18H21N3O5S2/c1-13-12-19-18(27-13)20-17(22)6-4-14-3-5-15(25-2)16(11-14)28(23,24)21-7-9-26-10-8-21/h3-6,11-12H,7-10H2,1-2H3,(H,19,20,22)/b6-4+. The van der Waals surface area contributed by atoms with Crippen molar-refractivity contribution in [3.8, 4) is 5.75 Å². The number of nitrogens with one attached hydrogen (secondary N) is 1. The van der Waals surface area contributed by atoms with Gasteiger partial charge in [-0.05, 0) is 30.7 Å². The van der Waals surface area contributed by atoms with E-state index in [1.165, 1.54) is 34.9 Å². The Morgan fingerprint density at radius 2 is 2.11 bits per heavy atom. The van der Waals surface area contributed by atoms with Crippen molar-refractivity contribution in [3.63, 3.8) is 0 Å². The number of aromatic nitrogens is 1. The zero-order chi connectivity index (χ0) is 20.1. The number of methoxy groups -OCH3 is 1. The zero-order valence-electron chi connectivity index (χ0n) is 15.5. The number of nitrogens with zero attached hydrogens (tertiary/aromatic N) is 2. The summed E-state index contributed by atoms with van der Waals surface area (Å²) < 4.78 is 37.8. The SMILES string of the molecule is COc1ccc(/C=C/C(=O)Nc2ncc(C)s2)cc1S(=O)(=O)N1CCOCC1. The number of anilines is 1. The minimum atomic E-state index is -3.73. The van der Waals surface area contributed by atoms with E-state index in [9.17, 15) is 13.2 Å². The number of carbonyl (C=O) groups is 1. The summed E-state index contributed by atoms with van der Waals surface area (Å²) in [5, 5.41) is 3.18. The summed E-state index contributed by atoms with van der Waals surface area (Å²) >= 11 is 1.38. The highest BCUT2D eigenvalue weighted by molar-refractivity contribution is 7.89. The van der Waals surface area contributed by atoms with E-state index >= 15 is 0 Å². The summed E-state index contributed by atoms with van der Waals surface area (Å²) in [6.45, 7) is 3.20. The highest BCUT2D eigenvalue weighted by atomic mass is 32.2. The second-order valence-corrected chi connectivity index (χ2v) is 9.17. The first-order valence-electron chi connectivity index (χ1n) is 8.57. The molecule has 0 bridgehead atoms. The Hall–Kier alpha value is -2.27. The summed E-state index contributed by atoms with van der Waals surface area (Å²) in [6.07, 6.45) is 4.56. The average Bonchev–Trinajstić information content (AvgIpc) is 3.11. The van der Waals surface area contributed by atoms with E-state index in [1.807, 2.05) is 6.92 Å². The fourth-order valence-corrected chi connectivity index (χ4v) is 4.92. The Bertz CT molecular complexity index is 979. The van der Waals surface area contributed by atoms with Crippen LogP contribution in [0.4, 0.5) is 5.13 Å². The molecule has 150 valence electrons. The van der Waals surface area contributed by atoms with Crippen LogP contribution in [-0.2, 0) is 19.6 Å². The Labute approximate surface area is 167 Å². The molecule has 1 aromatic carbocycles. The molecule has 2 aromatic rings. The van der Waals surface area contributed by atoms with E-state index in [2.05, 4.69) is 10.3 Å². The molecule has 0 aliphatic carbocycles. The molecule has 0 unspecified atom stereocenters. The predicted molar refractivity (Wildman–Crippen MR) is 107 cm³/mol. The highest BCUT2D eigenvalue weighted by Gasteiger charge is 2.29. The van der Waals surface area contributed by atoms with Gasteiger partial charge in [0.25, 0.3) is 0 Å². The third kappa shape index (κ3) is 4.76. The molecule has 10 heteroatoms. The molecule has 1 aromatic heterocycles. The Morgan fingerprint density at radius 1 is 1.36 bits per heavy atom. The molecular formula is C18H21N3O5S2. The molecule has 1 aliphatic heterocycles. The van der Waals surface area contributed by atoms with Gasteiger partial charge >= 0.3 is 0 Å². The minimum absolute atomic E-state index is 0.0648. The van der Waals surface area contributed by atoms with Gasteiger partial charge in [0.05, 0.1) is 20.3 Å². The number of sulfonamides is 1. The number of morpholine rings is 1. The van der Waals surface area contributed by atoms with Gasteiger partial charge < -0.3 is 9.47 Å². The van der Waals surface area contributed by atoms with Crippen molar-refractivity contribution in [1.82, 2.24) is 9.29 Å². The van der Waals surface area contributed by atoms with Crippen molar-refractivity contribution >= 4 is 38.5 Å². The minimum Gasteiger partial charge on any atom is -0.495 e. The first kappa shape index (κ1) is 20.5. The molecule has 1 N–H and O–H groups in total. The average molecular weight is 424 g/mol. The molecule has 0 radical (unpaired) electrons. The lowest BCUT2D eigenvalue weighted by atomic mass is 10.2. The third-order valence-electron chi connectivity index (χ3n) is 4.05. The molecule has 8 nitrogen and oxygen atoms in total. The number of hydrogen-bond donors (Lipinski definition) is 1. The van der Waals surface area contributed by atoms with Gasteiger partial charge in [0.15, 0.2) is 5.13 Å². The fourth-order valence-electron chi connectivity index (χ4n) is 2.66. The van der Waals surface area contributed by atoms with Gasteiger partial charge in [-0.1, -0.05) is 6.07 Å². The molecular weight excluding hydrogens is 402 g/mol. The van der Waals surface area contributed by atoms with Crippen LogP contribution in [-0.4, -0.2) is 57.0 Å². The quantitative estimate of drug-likeness (QED) is 0.715. The molecule has 1 fully saturated rings. The van der Waals surface area contributed by atoms with Crippen molar-refractivity contribution in [3.05, 3.63) is 40.9 Å². The number of benzene rings is 1. The van der Waals surface area contributed by atoms with Gasteiger partial charge in [-0.25, -0.2) is 13.4 Å². The summed E-state index contributed by atoms with van der Waals surface area (Å²) in [5.74, 6) is -0.0888. The normalized spacial score (nSPS) is 15.6. The van der Waals surface area contributed by atoms with Crippen LogP contribution in [0.1, 0.15) is 10.4 Å². The van der Waals surface area contributed by atoms with Crippen LogP contribution in [0.2, 0.25) is 0 Å². The molecule has 0 atom stereocenters. The zero-order valence-corrected chi connectivity index (χ0v) is 17.2. The van der Waals surface area contributed by atoms with Crippen molar-refractivity contribution in [1.29, 1.82) is 0 Å². The topological polar surface area (TPSA) is 97.8 Å². The third-order valence-corrected chi connectivity index (χ3v) is 6.80. The van der Waals surface area contributed by atoms with Crippen LogP contribution in [0.5, 0.6) is 5.75 Å². The summed E-state index contributed by atoms with van der Waals surface area (Å²) in [6, 6.07) is 4.77. The summed E-state index contributed by atoms with van der Waals surface area (Å²) in [7, 11) is -2.30. The van der Waals surface area contributed by atoms with Crippen LogP contribution in [0.15, 0.2) is 35.4 Å². The number of amides is 1. The van der Waals surface area contributed by atoms with Gasteiger partial charge in [-0.2, -0.15) is 4.31 Å². The van der Waals surface area contributed by atoms with Crippen molar-refractivity contribution in [2.24, 2.45) is 0 Å². The lowest BCUT2D eigenvalue weighted by Gasteiger charge is -2.26. The summed E-state index contributed by atoms with van der Waals surface area (Å²) in [4.78, 5) is 17.2. The maximum absolute atomic E-state index is 13.0. The first-order chi connectivity index (χ1) is 13.4. The number of hydrogen-bond acceptors (Lipinski definition) is 7.